The predicted octanol–water partition coefficient (Wildman–Crippen LogP) is 2.05. The summed E-state index contributed by atoms with van der Waals surface area (Å²) in [6.07, 6.45) is 0.156. The van der Waals surface area contributed by atoms with Gasteiger partial charge in [0, 0.05) is 11.1 Å². The van der Waals surface area contributed by atoms with Gasteiger partial charge in [-0.15, -0.1) is 23.7 Å². The number of nitrogens with one attached hydrogen (secondary N) is 1. The molecule has 9 heteroatoms. The number of ether oxygens (including phenoxy) is 1. The van der Waals surface area contributed by atoms with Crippen molar-refractivity contribution in [1.82, 2.24) is 4.98 Å². The number of nitrogens with two attached hydrogens (primary N) is 2. The lowest BCUT2D eigenvalue weighted by molar-refractivity contribution is -0.115. The number of benzene rings is 1. The Labute approximate surface area is 144 Å². The van der Waals surface area contributed by atoms with Crippen LogP contribution in [0.4, 0.5) is 10.8 Å². The van der Waals surface area contributed by atoms with Crippen molar-refractivity contribution >= 4 is 46.4 Å². The Balaban J connectivity index is 0.00000264. The highest BCUT2D eigenvalue weighted by atomic mass is 35.5. The van der Waals surface area contributed by atoms with E-state index in [1.165, 1.54) is 11.3 Å². The minimum atomic E-state index is -0.161. The third kappa shape index (κ3) is 6.13. The zero-order valence-corrected chi connectivity index (χ0v) is 14.1. The average Bonchev–Trinajstić information content (AvgIpc) is 2.87. The number of amides is 1. The number of nitrogens with zero attached hydrogens (tertiary/aromatic N) is 2. The first kappa shape index (κ1) is 18.7. The first-order valence-electron chi connectivity index (χ1n) is 6.63. The van der Waals surface area contributed by atoms with Gasteiger partial charge in [-0.1, -0.05) is 0 Å². The number of thiazole rings is 1. The van der Waals surface area contributed by atoms with Gasteiger partial charge in [-0.2, -0.15) is 4.99 Å². The highest BCUT2D eigenvalue weighted by molar-refractivity contribution is 7.13. The first-order chi connectivity index (χ1) is 10.6. The molecular formula is C14H18ClN5O2S. The molecule has 1 aromatic heterocycles. The van der Waals surface area contributed by atoms with E-state index in [4.69, 9.17) is 16.2 Å². The standard InChI is InChI=1S/C14H17N5O2S.ClH/c1-2-21-11-5-3-9(4-6-11)17-12(20)7-10-8-22-14(18-10)19-13(15)16;/h3-6,8H,2,7H2,1H3,(H,17,20)(H4,15,16,18,19);1H. The molecule has 7 nitrogen and oxygen atoms in total. The molecule has 1 heterocycles. The summed E-state index contributed by atoms with van der Waals surface area (Å²) in [6.45, 7) is 2.52. The molecule has 0 saturated carbocycles. The zero-order valence-electron chi connectivity index (χ0n) is 12.5. The van der Waals surface area contributed by atoms with Crippen molar-refractivity contribution in [2.45, 2.75) is 13.3 Å². The second-order valence-electron chi connectivity index (χ2n) is 4.34. The van der Waals surface area contributed by atoms with Crippen LogP contribution in [0.5, 0.6) is 5.75 Å². The van der Waals surface area contributed by atoms with Crippen LogP contribution in [0.25, 0.3) is 0 Å². The summed E-state index contributed by atoms with van der Waals surface area (Å²) in [7, 11) is 0. The summed E-state index contributed by atoms with van der Waals surface area (Å²) >= 11 is 1.28. The fourth-order valence-corrected chi connectivity index (χ4v) is 2.42. The maximum Gasteiger partial charge on any atom is 0.230 e. The van der Waals surface area contributed by atoms with Gasteiger partial charge in [-0.25, -0.2) is 4.98 Å². The molecule has 23 heavy (non-hydrogen) atoms. The van der Waals surface area contributed by atoms with Gasteiger partial charge >= 0.3 is 0 Å². The molecule has 1 amide bonds. The number of halogens is 1. The van der Waals surface area contributed by atoms with Gasteiger partial charge in [-0.3, -0.25) is 4.79 Å². The molecule has 0 aliphatic rings. The van der Waals surface area contributed by atoms with Gasteiger partial charge in [0.25, 0.3) is 0 Å². The molecule has 0 radical (unpaired) electrons. The lowest BCUT2D eigenvalue weighted by Gasteiger charge is -2.06. The summed E-state index contributed by atoms with van der Waals surface area (Å²) < 4.78 is 5.34. The summed E-state index contributed by atoms with van der Waals surface area (Å²) in [5, 5.41) is 4.98. The fourth-order valence-electron chi connectivity index (χ4n) is 1.71. The summed E-state index contributed by atoms with van der Waals surface area (Å²) in [6, 6.07) is 7.18. The molecule has 0 spiro atoms. The molecule has 0 bridgehead atoms. The maximum atomic E-state index is 12.0. The molecule has 5 N–H and O–H groups in total. The van der Waals surface area contributed by atoms with Crippen LogP contribution in [0, 0.1) is 0 Å². The van der Waals surface area contributed by atoms with Gasteiger partial charge in [0.2, 0.25) is 11.0 Å². The van der Waals surface area contributed by atoms with E-state index in [0.717, 1.165) is 5.75 Å². The second-order valence-corrected chi connectivity index (χ2v) is 5.18. The van der Waals surface area contributed by atoms with Crippen molar-refractivity contribution in [3.05, 3.63) is 35.3 Å². The Bertz CT molecular complexity index is 668. The second kappa shape index (κ2) is 8.96. The lowest BCUT2D eigenvalue weighted by atomic mass is 10.2. The van der Waals surface area contributed by atoms with Crippen LogP contribution in [0.2, 0.25) is 0 Å². The van der Waals surface area contributed by atoms with Crippen LogP contribution in [0.3, 0.4) is 0 Å². The van der Waals surface area contributed by atoms with E-state index in [2.05, 4.69) is 15.3 Å². The number of rotatable bonds is 6. The van der Waals surface area contributed by atoms with Crippen molar-refractivity contribution in [2.75, 3.05) is 11.9 Å². The molecular weight excluding hydrogens is 338 g/mol. The number of guanidine groups is 1. The zero-order chi connectivity index (χ0) is 15.9. The summed E-state index contributed by atoms with van der Waals surface area (Å²) in [4.78, 5) is 20.0. The number of hydrogen-bond acceptors (Lipinski definition) is 5. The Hall–Kier alpha value is -2.32. The van der Waals surface area contributed by atoms with Gasteiger partial charge in [-0.05, 0) is 31.2 Å². The number of anilines is 1. The Kier molecular flexibility index (Phi) is 7.30. The number of aromatic nitrogens is 1. The Morgan fingerprint density at radius 3 is 2.65 bits per heavy atom. The topological polar surface area (TPSA) is 116 Å². The smallest absolute Gasteiger partial charge is 0.230 e. The largest absolute Gasteiger partial charge is 0.494 e. The minimum Gasteiger partial charge on any atom is -0.494 e. The molecule has 0 saturated heterocycles. The highest BCUT2D eigenvalue weighted by Gasteiger charge is 2.08. The van der Waals surface area contributed by atoms with Gasteiger partial charge in [0.05, 0.1) is 18.7 Å². The van der Waals surface area contributed by atoms with Crippen molar-refractivity contribution in [1.29, 1.82) is 0 Å². The van der Waals surface area contributed by atoms with Crippen LogP contribution in [0.15, 0.2) is 34.6 Å². The normalized spacial score (nSPS) is 9.61. The van der Waals surface area contributed by atoms with E-state index in [9.17, 15) is 4.79 Å². The van der Waals surface area contributed by atoms with E-state index in [0.29, 0.717) is 23.1 Å². The van der Waals surface area contributed by atoms with E-state index in [1.807, 2.05) is 6.92 Å². The van der Waals surface area contributed by atoms with Gasteiger partial charge < -0.3 is 21.5 Å². The predicted molar refractivity (Wildman–Crippen MR) is 94.8 cm³/mol. The van der Waals surface area contributed by atoms with Crippen molar-refractivity contribution < 1.29 is 9.53 Å². The number of aliphatic imine (C=N–C) groups is 1. The van der Waals surface area contributed by atoms with E-state index < -0.39 is 0 Å². The first-order valence-corrected chi connectivity index (χ1v) is 7.51. The van der Waals surface area contributed by atoms with Gasteiger partial charge in [0.1, 0.15) is 5.75 Å². The maximum absolute atomic E-state index is 12.0. The van der Waals surface area contributed by atoms with Crippen LogP contribution in [0.1, 0.15) is 12.6 Å². The molecule has 0 unspecified atom stereocenters. The molecule has 2 aromatic rings. The SMILES string of the molecule is CCOc1ccc(NC(=O)Cc2csc(N=C(N)N)n2)cc1.Cl. The molecule has 0 fully saturated rings. The third-order valence-electron chi connectivity index (χ3n) is 2.56. The number of carbonyl (C=O) groups is 1. The summed E-state index contributed by atoms with van der Waals surface area (Å²) in [5.41, 5.74) is 11.9. The highest BCUT2D eigenvalue weighted by Crippen LogP contribution is 2.19. The Morgan fingerprint density at radius 1 is 1.35 bits per heavy atom. The molecule has 0 aliphatic carbocycles. The quantitative estimate of drug-likeness (QED) is 0.541. The molecule has 0 atom stereocenters. The molecule has 2 rings (SSSR count). The van der Waals surface area contributed by atoms with Crippen LogP contribution in [-0.4, -0.2) is 23.5 Å². The van der Waals surface area contributed by atoms with E-state index >= 15 is 0 Å². The molecule has 124 valence electrons. The van der Waals surface area contributed by atoms with E-state index in [-0.39, 0.29) is 30.7 Å². The third-order valence-corrected chi connectivity index (χ3v) is 3.34. The van der Waals surface area contributed by atoms with Crippen LogP contribution in [-0.2, 0) is 11.2 Å². The van der Waals surface area contributed by atoms with Crippen molar-refractivity contribution in [3.63, 3.8) is 0 Å². The fraction of sp³-hybridized carbons (Fsp3) is 0.214. The number of carbonyl (C=O) groups excluding carboxylic acids is 1. The molecule has 1 aromatic carbocycles. The van der Waals surface area contributed by atoms with Crippen molar-refractivity contribution in [3.8, 4) is 5.75 Å². The monoisotopic (exact) mass is 355 g/mol. The Morgan fingerprint density at radius 2 is 2.04 bits per heavy atom. The number of hydrogen-bond donors (Lipinski definition) is 3. The van der Waals surface area contributed by atoms with E-state index in [1.54, 1.807) is 29.6 Å². The van der Waals surface area contributed by atoms with Crippen molar-refractivity contribution in [2.24, 2.45) is 16.5 Å². The average molecular weight is 356 g/mol. The minimum absolute atomic E-state index is 0. The van der Waals surface area contributed by atoms with Gasteiger partial charge in [0.15, 0.2) is 5.96 Å². The van der Waals surface area contributed by atoms with Crippen LogP contribution < -0.4 is 21.5 Å². The van der Waals surface area contributed by atoms with Crippen LogP contribution >= 0.6 is 23.7 Å². The summed E-state index contributed by atoms with van der Waals surface area (Å²) in [5.74, 6) is 0.548. The molecule has 0 aliphatic heterocycles. The lowest BCUT2D eigenvalue weighted by Crippen LogP contribution is -2.21.